The molecule has 0 unspecified atom stereocenters. The van der Waals surface area contributed by atoms with Crippen LogP contribution in [0.2, 0.25) is 0 Å². The van der Waals surface area contributed by atoms with Crippen LogP contribution in [0.15, 0.2) is 28.7 Å². The van der Waals surface area contributed by atoms with Crippen molar-refractivity contribution in [1.82, 2.24) is 5.32 Å². The number of carbonyl (C=O) groups is 2. The molecule has 1 aromatic rings. The van der Waals surface area contributed by atoms with Crippen molar-refractivity contribution >= 4 is 33.6 Å². The van der Waals surface area contributed by atoms with Crippen LogP contribution in [0, 0.1) is 5.92 Å². The van der Waals surface area contributed by atoms with Gasteiger partial charge in [-0.25, -0.2) is 9.59 Å². The molecule has 0 fully saturated rings. The molecule has 2 amide bonds. The van der Waals surface area contributed by atoms with Gasteiger partial charge in [0.1, 0.15) is 6.04 Å². The second kappa shape index (κ2) is 6.39. The van der Waals surface area contributed by atoms with Gasteiger partial charge in [0, 0.05) is 10.2 Å². The largest absolute Gasteiger partial charge is 0.480 e. The van der Waals surface area contributed by atoms with E-state index in [0.29, 0.717) is 5.69 Å². The molecule has 0 saturated carbocycles. The highest BCUT2D eigenvalue weighted by atomic mass is 79.9. The number of benzene rings is 1. The fourth-order valence-electron chi connectivity index (χ4n) is 1.36. The molecule has 0 aliphatic rings. The average molecular weight is 315 g/mol. The van der Waals surface area contributed by atoms with Gasteiger partial charge >= 0.3 is 12.0 Å². The summed E-state index contributed by atoms with van der Waals surface area (Å²) in [5.41, 5.74) is 0.601. The van der Waals surface area contributed by atoms with E-state index in [1.165, 1.54) is 0 Å². The minimum atomic E-state index is -1.05. The maximum atomic E-state index is 11.6. The monoisotopic (exact) mass is 314 g/mol. The van der Waals surface area contributed by atoms with E-state index in [0.717, 1.165) is 4.47 Å². The first kappa shape index (κ1) is 14.5. The number of nitrogens with one attached hydrogen (secondary N) is 2. The highest BCUT2D eigenvalue weighted by Gasteiger charge is 2.23. The van der Waals surface area contributed by atoms with E-state index >= 15 is 0 Å². The van der Waals surface area contributed by atoms with Gasteiger partial charge in [0.25, 0.3) is 0 Å². The molecule has 0 spiro atoms. The van der Waals surface area contributed by atoms with Crippen LogP contribution in [0.4, 0.5) is 10.5 Å². The van der Waals surface area contributed by atoms with E-state index in [1.807, 2.05) is 0 Å². The molecule has 0 aliphatic carbocycles. The first-order valence-electron chi connectivity index (χ1n) is 5.46. The Bertz CT molecular complexity index is 431. The first-order chi connectivity index (χ1) is 8.40. The molecule has 0 aliphatic heterocycles. The van der Waals surface area contributed by atoms with Crippen molar-refractivity contribution in [2.75, 3.05) is 5.32 Å². The van der Waals surface area contributed by atoms with Gasteiger partial charge < -0.3 is 15.7 Å². The van der Waals surface area contributed by atoms with Crippen molar-refractivity contribution in [2.45, 2.75) is 19.9 Å². The van der Waals surface area contributed by atoms with Crippen molar-refractivity contribution in [3.63, 3.8) is 0 Å². The zero-order valence-corrected chi connectivity index (χ0v) is 11.7. The lowest BCUT2D eigenvalue weighted by Crippen LogP contribution is -2.46. The lowest BCUT2D eigenvalue weighted by atomic mass is 10.1. The van der Waals surface area contributed by atoms with Crippen LogP contribution in [0.5, 0.6) is 0 Å². The van der Waals surface area contributed by atoms with Gasteiger partial charge in [0.05, 0.1) is 0 Å². The summed E-state index contributed by atoms with van der Waals surface area (Å²) in [7, 11) is 0. The normalized spacial score (nSPS) is 12.0. The average Bonchev–Trinajstić information content (AvgIpc) is 2.28. The molecule has 0 radical (unpaired) electrons. The number of halogens is 1. The summed E-state index contributed by atoms with van der Waals surface area (Å²) in [4.78, 5) is 22.5. The smallest absolute Gasteiger partial charge is 0.326 e. The number of amides is 2. The van der Waals surface area contributed by atoms with Crippen molar-refractivity contribution < 1.29 is 14.7 Å². The summed E-state index contributed by atoms with van der Waals surface area (Å²) in [6.45, 7) is 3.47. The Labute approximate surface area is 114 Å². The Hall–Kier alpha value is -1.56. The zero-order chi connectivity index (χ0) is 13.7. The fourth-order valence-corrected chi connectivity index (χ4v) is 1.62. The molecule has 1 atom stereocenters. The number of hydrogen-bond acceptors (Lipinski definition) is 2. The number of carboxylic acid groups (broad SMARTS) is 1. The minimum Gasteiger partial charge on any atom is -0.480 e. The van der Waals surface area contributed by atoms with Crippen LogP contribution in [0.1, 0.15) is 13.8 Å². The summed E-state index contributed by atoms with van der Waals surface area (Å²) in [5.74, 6) is -1.23. The number of carboxylic acids is 1. The van der Waals surface area contributed by atoms with Gasteiger partial charge in [0.2, 0.25) is 0 Å². The Morgan fingerprint density at radius 2 is 1.78 bits per heavy atom. The number of anilines is 1. The summed E-state index contributed by atoms with van der Waals surface area (Å²) in [5, 5.41) is 13.9. The third-order valence-corrected chi connectivity index (χ3v) is 2.85. The third kappa shape index (κ3) is 4.37. The summed E-state index contributed by atoms with van der Waals surface area (Å²) in [6.07, 6.45) is 0. The van der Waals surface area contributed by atoms with Crippen LogP contribution in [-0.2, 0) is 4.79 Å². The standard InChI is InChI=1S/C12H15BrN2O3/c1-7(2)10(11(16)17)15-12(18)14-9-5-3-8(13)4-6-9/h3-7,10H,1-2H3,(H,16,17)(H2,14,15,18)/t10-/m1/s1. The topological polar surface area (TPSA) is 78.4 Å². The number of aliphatic carboxylic acids is 1. The highest BCUT2D eigenvalue weighted by molar-refractivity contribution is 9.10. The summed E-state index contributed by atoms with van der Waals surface area (Å²) >= 11 is 3.28. The van der Waals surface area contributed by atoms with Crippen LogP contribution in [-0.4, -0.2) is 23.1 Å². The van der Waals surface area contributed by atoms with Gasteiger partial charge in [-0.1, -0.05) is 29.8 Å². The first-order valence-corrected chi connectivity index (χ1v) is 6.25. The van der Waals surface area contributed by atoms with E-state index < -0.39 is 18.0 Å². The molecule has 0 saturated heterocycles. The predicted molar refractivity (Wildman–Crippen MR) is 72.6 cm³/mol. The summed E-state index contributed by atoms with van der Waals surface area (Å²) < 4.78 is 0.902. The molecule has 6 heteroatoms. The molecule has 98 valence electrons. The van der Waals surface area contributed by atoms with E-state index in [9.17, 15) is 9.59 Å². The second-order valence-corrected chi connectivity index (χ2v) is 5.08. The quantitative estimate of drug-likeness (QED) is 0.799. The minimum absolute atomic E-state index is 0.182. The molecular weight excluding hydrogens is 300 g/mol. The molecule has 0 heterocycles. The lowest BCUT2D eigenvalue weighted by Gasteiger charge is -2.18. The molecule has 18 heavy (non-hydrogen) atoms. The van der Waals surface area contributed by atoms with Gasteiger partial charge in [-0.15, -0.1) is 0 Å². The number of urea groups is 1. The fraction of sp³-hybridized carbons (Fsp3) is 0.333. The molecule has 0 aromatic heterocycles. The van der Waals surface area contributed by atoms with Crippen LogP contribution in [0.25, 0.3) is 0 Å². The van der Waals surface area contributed by atoms with Gasteiger partial charge in [-0.2, -0.15) is 0 Å². The maximum Gasteiger partial charge on any atom is 0.326 e. The van der Waals surface area contributed by atoms with Crippen molar-refractivity contribution in [1.29, 1.82) is 0 Å². The zero-order valence-electron chi connectivity index (χ0n) is 10.1. The molecule has 3 N–H and O–H groups in total. The van der Waals surface area contributed by atoms with Crippen LogP contribution >= 0.6 is 15.9 Å². The van der Waals surface area contributed by atoms with Crippen molar-refractivity contribution in [2.24, 2.45) is 5.92 Å². The van der Waals surface area contributed by atoms with Crippen LogP contribution in [0.3, 0.4) is 0 Å². The molecule has 1 aromatic carbocycles. The Kier molecular flexibility index (Phi) is 5.15. The van der Waals surface area contributed by atoms with E-state index in [1.54, 1.807) is 38.1 Å². The van der Waals surface area contributed by atoms with E-state index in [-0.39, 0.29) is 5.92 Å². The Morgan fingerprint density at radius 1 is 1.22 bits per heavy atom. The van der Waals surface area contributed by atoms with Crippen LogP contribution < -0.4 is 10.6 Å². The highest BCUT2D eigenvalue weighted by Crippen LogP contribution is 2.14. The number of carbonyl (C=O) groups excluding carboxylic acids is 1. The molecule has 0 bridgehead atoms. The van der Waals surface area contributed by atoms with E-state index in [2.05, 4.69) is 26.6 Å². The molecule has 1 rings (SSSR count). The van der Waals surface area contributed by atoms with Crippen molar-refractivity contribution in [3.05, 3.63) is 28.7 Å². The number of hydrogen-bond donors (Lipinski definition) is 3. The second-order valence-electron chi connectivity index (χ2n) is 4.17. The summed E-state index contributed by atoms with van der Waals surface area (Å²) in [6, 6.07) is 5.57. The van der Waals surface area contributed by atoms with Gasteiger partial charge in [0.15, 0.2) is 0 Å². The SMILES string of the molecule is CC(C)[C@@H](NC(=O)Nc1ccc(Br)cc1)C(=O)O. The molecule has 5 nitrogen and oxygen atoms in total. The Balaban J connectivity index is 2.60. The van der Waals surface area contributed by atoms with Gasteiger partial charge in [-0.05, 0) is 30.2 Å². The third-order valence-electron chi connectivity index (χ3n) is 2.32. The van der Waals surface area contributed by atoms with Gasteiger partial charge in [-0.3, -0.25) is 0 Å². The maximum absolute atomic E-state index is 11.6. The lowest BCUT2D eigenvalue weighted by molar-refractivity contribution is -0.140. The molecular formula is C12H15BrN2O3. The van der Waals surface area contributed by atoms with Crippen molar-refractivity contribution in [3.8, 4) is 0 Å². The predicted octanol–water partition coefficient (Wildman–Crippen LogP) is 2.68. The number of rotatable bonds is 4. The Morgan fingerprint density at radius 3 is 2.22 bits per heavy atom. The van der Waals surface area contributed by atoms with E-state index in [4.69, 9.17) is 5.11 Å².